The van der Waals surface area contributed by atoms with Gasteiger partial charge in [-0.25, -0.2) is 0 Å². The van der Waals surface area contributed by atoms with E-state index in [1.807, 2.05) is 6.92 Å². The Hall–Kier alpha value is -1.68. The second-order valence-electron chi connectivity index (χ2n) is 4.23. The second kappa shape index (κ2) is 5.10. The molecule has 0 spiro atoms. The van der Waals surface area contributed by atoms with Crippen LogP contribution in [0.5, 0.6) is 0 Å². The number of nitrogens with two attached hydrogens (primary N) is 1. The van der Waals surface area contributed by atoms with Crippen LogP contribution in [-0.2, 0) is 6.42 Å². The molecule has 2 N–H and O–H groups in total. The van der Waals surface area contributed by atoms with Gasteiger partial charge >= 0.3 is 0 Å². The summed E-state index contributed by atoms with van der Waals surface area (Å²) in [6, 6.07) is 6.20. The standard InChI is InChI=1S/C13H17N3O/c1-9-5-6-10(2)11(8-9)13-15-12(16-17-13)4-3-7-14/h5-6,8H,3-4,7,14H2,1-2H3. The molecule has 90 valence electrons. The van der Waals surface area contributed by atoms with E-state index in [1.54, 1.807) is 0 Å². The third-order valence-electron chi connectivity index (χ3n) is 2.70. The molecule has 17 heavy (non-hydrogen) atoms. The molecule has 2 aromatic rings. The van der Waals surface area contributed by atoms with Crippen molar-refractivity contribution in [1.82, 2.24) is 10.1 Å². The summed E-state index contributed by atoms with van der Waals surface area (Å²) >= 11 is 0. The molecule has 1 heterocycles. The van der Waals surface area contributed by atoms with Crippen LogP contribution in [0.3, 0.4) is 0 Å². The minimum absolute atomic E-state index is 0.596. The molecule has 0 saturated carbocycles. The first-order valence-corrected chi connectivity index (χ1v) is 5.81. The lowest BCUT2D eigenvalue weighted by Gasteiger charge is -2.01. The van der Waals surface area contributed by atoms with Crippen molar-refractivity contribution >= 4 is 0 Å². The molecule has 4 heteroatoms. The molecule has 0 saturated heterocycles. The molecule has 0 unspecified atom stereocenters. The minimum Gasteiger partial charge on any atom is -0.334 e. The zero-order valence-electron chi connectivity index (χ0n) is 10.2. The smallest absolute Gasteiger partial charge is 0.258 e. The maximum atomic E-state index is 5.45. The first kappa shape index (κ1) is 11.8. The monoisotopic (exact) mass is 231 g/mol. The van der Waals surface area contributed by atoms with Gasteiger partial charge in [0.05, 0.1) is 0 Å². The quantitative estimate of drug-likeness (QED) is 0.876. The van der Waals surface area contributed by atoms with Crippen molar-refractivity contribution in [1.29, 1.82) is 0 Å². The molecule has 0 aliphatic rings. The third kappa shape index (κ3) is 2.71. The zero-order valence-corrected chi connectivity index (χ0v) is 10.2. The van der Waals surface area contributed by atoms with E-state index in [4.69, 9.17) is 10.3 Å². The van der Waals surface area contributed by atoms with Gasteiger partial charge in [-0.3, -0.25) is 0 Å². The van der Waals surface area contributed by atoms with Crippen LogP contribution in [0.15, 0.2) is 22.7 Å². The molecule has 0 atom stereocenters. The fraction of sp³-hybridized carbons (Fsp3) is 0.385. The van der Waals surface area contributed by atoms with Gasteiger partial charge < -0.3 is 10.3 Å². The van der Waals surface area contributed by atoms with E-state index in [0.717, 1.165) is 29.8 Å². The van der Waals surface area contributed by atoms with E-state index in [1.165, 1.54) is 5.56 Å². The molecule has 0 fully saturated rings. The summed E-state index contributed by atoms with van der Waals surface area (Å²) in [6.07, 6.45) is 1.65. The van der Waals surface area contributed by atoms with Gasteiger partial charge in [-0.1, -0.05) is 22.9 Å². The van der Waals surface area contributed by atoms with Gasteiger partial charge in [-0.05, 0) is 38.4 Å². The summed E-state index contributed by atoms with van der Waals surface area (Å²) in [6.45, 7) is 4.74. The number of aryl methyl sites for hydroxylation is 3. The van der Waals surface area contributed by atoms with Crippen LogP contribution < -0.4 is 5.73 Å². The first-order chi connectivity index (χ1) is 8.20. The van der Waals surface area contributed by atoms with E-state index in [2.05, 4.69) is 35.3 Å². The molecule has 0 aliphatic heterocycles. The van der Waals surface area contributed by atoms with Crippen molar-refractivity contribution in [3.8, 4) is 11.5 Å². The normalized spacial score (nSPS) is 10.8. The largest absolute Gasteiger partial charge is 0.334 e. The fourth-order valence-electron chi connectivity index (χ4n) is 1.69. The second-order valence-corrected chi connectivity index (χ2v) is 4.23. The Morgan fingerprint density at radius 2 is 2.12 bits per heavy atom. The van der Waals surface area contributed by atoms with Crippen LogP contribution in [-0.4, -0.2) is 16.7 Å². The molecule has 1 aromatic heterocycles. The summed E-state index contributed by atoms with van der Waals surface area (Å²) in [7, 11) is 0. The van der Waals surface area contributed by atoms with Gasteiger partial charge in [0.15, 0.2) is 5.82 Å². The molecule has 0 aliphatic carbocycles. The van der Waals surface area contributed by atoms with E-state index >= 15 is 0 Å². The number of nitrogens with zero attached hydrogens (tertiary/aromatic N) is 2. The molecule has 0 radical (unpaired) electrons. The van der Waals surface area contributed by atoms with Gasteiger partial charge in [-0.15, -0.1) is 0 Å². The molecular weight excluding hydrogens is 214 g/mol. The van der Waals surface area contributed by atoms with E-state index in [9.17, 15) is 0 Å². The molecular formula is C13H17N3O. The Morgan fingerprint density at radius 1 is 1.29 bits per heavy atom. The lowest BCUT2D eigenvalue weighted by molar-refractivity contribution is 0.421. The van der Waals surface area contributed by atoms with Crippen LogP contribution in [0.2, 0.25) is 0 Å². The summed E-state index contributed by atoms with van der Waals surface area (Å²) in [5.41, 5.74) is 8.79. The topological polar surface area (TPSA) is 64.9 Å². The zero-order chi connectivity index (χ0) is 12.3. The molecule has 4 nitrogen and oxygen atoms in total. The van der Waals surface area contributed by atoms with Crippen LogP contribution in [0, 0.1) is 13.8 Å². The number of benzene rings is 1. The number of hydrogen-bond donors (Lipinski definition) is 1. The molecule has 2 rings (SSSR count). The van der Waals surface area contributed by atoms with Crippen LogP contribution in [0.4, 0.5) is 0 Å². The summed E-state index contributed by atoms with van der Waals surface area (Å²) in [5.74, 6) is 1.32. The van der Waals surface area contributed by atoms with Crippen molar-refractivity contribution < 1.29 is 4.52 Å². The van der Waals surface area contributed by atoms with Crippen LogP contribution in [0.1, 0.15) is 23.4 Å². The lowest BCUT2D eigenvalue weighted by atomic mass is 10.1. The summed E-state index contributed by atoms with van der Waals surface area (Å²) < 4.78 is 5.28. The summed E-state index contributed by atoms with van der Waals surface area (Å²) in [4.78, 5) is 4.39. The Bertz CT molecular complexity index is 505. The van der Waals surface area contributed by atoms with Gasteiger partial charge in [0.2, 0.25) is 0 Å². The van der Waals surface area contributed by atoms with Crippen molar-refractivity contribution in [2.24, 2.45) is 5.73 Å². The van der Waals surface area contributed by atoms with Crippen molar-refractivity contribution in [2.75, 3.05) is 6.54 Å². The maximum absolute atomic E-state index is 5.45. The number of aromatic nitrogens is 2. The third-order valence-corrected chi connectivity index (χ3v) is 2.70. The predicted molar refractivity (Wildman–Crippen MR) is 66.6 cm³/mol. The molecule has 0 bridgehead atoms. The Kier molecular flexibility index (Phi) is 3.54. The fourth-order valence-corrected chi connectivity index (χ4v) is 1.69. The van der Waals surface area contributed by atoms with Crippen LogP contribution in [0.25, 0.3) is 11.5 Å². The first-order valence-electron chi connectivity index (χ1n) is 5.81. The molecule has 1 aromatic carbocycles. The average Bonchev–Trinajstić information content (AvgIpc) is 2.78. The van der Waals surface area contributed by atoms with E-state index in [0.29, 0.717) is 12.4 Å². The lowest BCUT2D eigenvalue weighted by Crippen LogP contribution is -2.01. The Balaban J connectivity index is 2.27. The highest BCUT2D eigenvalue weighted by Gasteiger charge is 2.10. The van der Waals surface area contributed by atoms with Gasteiger partial charge in [0.25, 0.3) is 5.89 Å². The van der Waals surface area contributed by atoms with Gasteiger partial charge in [-0.2, -0.15) is 4.98 Å². The highest BCUT2D eigenvalue weighted by molar-refractivity contribution is 5.59. The number of hydrogen-bond acceptors (Lipinski definition) is 4. The van der Waals surface area contributed by atoms with Crippen molar-refractivity contribution in [2.45, 2.75) is 26.7 Å². The van der Waals surface area contributed by atoms with Crippen molar-refractivity contribution in [3.63, 3.8) is 0 Å². The molecule has 0 amide bonds. The Morgan fingerprint density at radius 3 is 2.88 bits per heavy atom. The SMILES string of the molecule is Cc1ccc(C)c(-c2nc(CCCN)no2)c1. The van der Waals surface area contributed by atoms with Gasteiger partial charge in [0, 0.05) is 12.0 Å². The predicted octanol–water partition coefficient (Wildman–Crippen LogP) is 2.24. The van der Waals surface area contributed by atoms with Crippen molar-refractivity contribution in [3.05, 3.63) is 35.2 Å². The highest BCUT2D eigenvalue weighted by atomic mass is 16.5. The summed E-state index contributed by atoms with van der Waals surface area (Å²) in [5, 5.41) is 3.96. The average molecular weight is 231 g/mol. The Labute approximate surface area is 101 Å². The van der Waals surface area contributed by atoms with E-state index in [-0.39, 0.29) is 0 Å². The van der Waals surface area contributed by atoms with E-state index < -0.39 is 0 Å². The maximum Gasteiger partial charge on any atom is 0.258 e. The highest BCUT2D eigenvalue weighted by Crippen LogP contribution is 2.22. The van der Waals surface area contributed by atoms with Crippen LogP contribution >= 0.6 is 0 Å². The van der Waals surface area contributed by atoms with Gasteiger partial charge in [0.1, 0.15) is 0 Å². The number of rotatable bonds is 4. The minimum atomic E-state index is 0.596.